The molecule has 2 N–H and O–H groups in total. The van der Waals surface area contributed by atoms with Crippen LogP contribution in [0.5, 0.6) is 0 Å². The van der Waals surface area contributed by atoms with Crippen molar-refractivity contribution in [3.05, 3.63) is 36.0 Å². The second-order valence-corrected chi connectivity index (χ2v) is 6.60. The molecule has 1 saturated carbocycles. The van der Waals surface area contributed by atoms with Crippen LogP contribution in [-0.4, -0.2) is 24.1 Å². The van der Waals surface area contributed by atoms with Gasteiger partial charge in [-0.05, 0) is 36.8 Å². The summed E-state index contributed by atoms with van der Waals surface area (Å²) in [6.45, 7) is 1.51. The largest absolute Gasteiger partial charge is 0.418 e. The van der Waals surface area contributed by atoms with Gasteiger partial charge in [-0.3, -0.25) is 4.98 Å². The SMILES string of the molecule is NC1CN(c2ccnc3c(C(F)(F)F)cccc23)CC1C1CC1. The van der Waals surface area contributed by atoms with Crippen LogP contribution in [0.4, 0.5) is 18.9 Å². The number of alkyl halides is 3. The van der Waals surface area contributed by atoms with Gasteiger partial charge in [0.25, 0.3) is 0 Å². The Morgan fingerprint density at radius 1 is 1.13 bits per heavy atom. The van der Waals surface area contributed by atoms with Crippen LogP contribution in [0.3, 0.4) is 0 Å². The number of anilines is 1. The molecule has 2 fully saturated rings. The number of rotatable bonds is 2. The molecule has 2 unspecified atom stereocenters. The number of halogens is 3. The molecule has 1 saturated heterocycles. The first-order valence-electron chi connectivity index (χ1n) is 7.90. The van der Waals surface area contributed by atoms with Gasteiger partial charge in [0.15, 0.2) is 0 Å². The molecule has 1 aromatic heterocycles. The number of pyridine rings is 1. The van der Waals surface area contributed by atoms with Crippen LogP contribution >= 0.6 is 0 Å². The van der Waals surface area contributed by atoms with E-state index in [9.17, 15) is 13.2 Å². The summed E-state index contributed by atoms with van der Waals surface area (Å²) in [5.74, 6) is 1.14. The van der Waals surface area contributed by atoms with Crippen molar-refractivity contribution >= 4 is 16.6 Å². The van der Waals surface area contributed by atoms with Crippen molar-refractivity contribution in [2.45, 2.75) is 25.1 Å². The molecular weight excluding hydrogens is 303 g/mol. The van der Waals surface area contributed by atoms with Gasteiger partial charge in [0, 0.05) is 36.4 Å². The van der Waals surface area contributed by atoms with Crippen LogP contribution in [0.15, 0.2) is 30.5 Å². The van der Waals surface area contributed by atoms with Gasteiger partial charge in [-0.2, -0.15) is 13.2 Å². The Bertz CT molecular complexity index is 739. The van der Waals surface area contributed by atoms with E-state index in [1.165, 1.54) is 25.1 Å². The molecule has 1 aliphatic heterocycles. The van der Waals surface area contributed by atoms with Crippen molar-refractivity contribution < 1.29 is 13.2 Å². The average Bonchev–Trinajstić information content (AvgIpc) is 3.28. The number of aromatic nitrogens is 1. The van der Waals surface area contributed by atoms with Crippen LogP contribution in [-0.2, 0) is 6.18 Å². The molecule has 4 rings (SSSR count). The van der Waals surface area contributed by atoms with Gasteiger partial charge in [0.1, 0.15) is 0 Å². The molecule has 0 radical (unpaired) electrons. The van der Waals surface area contributed by atoms with Crippen LogP contribution in [0.1, 0.15) is 18.4 Å². The summed E-state index contributed by atoms with van der Waals surface area (Å²) < 4.78 is 39.6. The predicted molar refractivity (Wildman–Crippen MR) is 83.1 cm³/mol. The van der Waals surface area contributed by atoms with Crippen LogP contribution < -0.4 is 10.6 Å². The molecule has 23 heavy (non-hydrogen) atoms. The highest BCUT2D eigenvalue weighted by molar-refractivity contribution is 5.93. The Balaban J connectivity index is 1.76. The van der Waals surface area contributed by atoms with Gasteiger partial charge in [-0.15, -0.1) is 0 Å². The van der Waals surface area contributed by atoms with E-state index < -0.39 is 11.7 Å². The number of hydrogen-bond acceptors (Lipinski definition) is 3. The lowest BCUT2D eigenvalue weighted by Gasteiger charge is -2.21. The van der Waals surface area contributed by atoms with Crippen molar-refractivity contribution in [3.63, 3.8) is 0 Å². The van der Waals surface area contributed by atoms with Gasteiger partial charge in [0.05, 0.1) is 11.1 Å². The van der Waals surface area contributed by atoms with E-state index in [0.717, 1.165) is 18.3 Å². The zero-order valence-electron chi connectivity index (χ0n) is 12.6. The highest BCUT2D eigenvalue weighted by atomic mass is 19.4. The molecule has 0 spiro atoms. The lowest BCUT2D eigenvalue weighted by Crippen LogP contribution is -2.30. The molecule has 2 atom stereocenters. The maximum Gasteiger partial charge on any atom is 0.418 e. The molecule has 0 bridgehead atoms. The smallest absolute Gasteiger partial charge is 0.369 e. The maximum absolute atomic E-state index is 13.2. The van der Waals surface area contributed by atoms with E-state index in [1.807, 2.05) is 0 Å². The Morgan fingerprint density at radius 3 is 2.61 bits per heavy atom. The number of nitrogens with two attached hydrogens (primary N) is 1. The minimum atomic E-state index is -4.40. The first-order chi connectivity index (χ1) is 10.9. The molecular formula is C17H18F3N3. The molecule has 122 valence electrons. The van der Waals surface area contributed by atoms with Crippen LogP contribution in [0.2, 0.25) is 0 Å². The zero-order valence-corrected chi connectivity index (χ0v) is 12.6. The van der Waals surface area contributed by atoms with E-state index in [-0.39, 0.29) is 11.6 Å². The number of benzene rings is 1. The second kappa shape index (κ2) is 5.09. The van der Waals surface area contributed by atoms with E-state index in [0.29, 0.717) is 23.8 Å². The summed E-state index contributed by atoms with van der Waals surface area (Å²) in [6, 6.07) is 6.14. The summed E-state index contributed by atoms with van der Waals surface area (Å²) >= 11 is 0. The third-order valence-electron chi connectivity index (χ3n) is 5.03. The maximum atomic E-state index is 13.2. The molecule has 2 aromatic rings. The van der Waals surface area contributed by atoms with E-state index in [1.54, 1.807) is 12.1 Å². The lowest BCUT2D eigenvalue weighted by molar-refractivity contribution is -0.136. The fourth-order valence-corrected chi connectivity index (χ4v) is 3.74. The number of para-hydroxylation sites is 1. The molecule has 1 aromatic carbocycles. The fourth-order valence-electron chi connectivity index (χ4n) is 3.74. The summed E-state index contributed by atoms with van der Waals surface area (Å²) in [5.41, 5.74) is 6.39. The van der Waals surface area contributed by atoms with Crippen molar-refractivity contribution in [2.24, 2.45) is 17.6 Å². The Hall–Kier alpha value is -1.82. The van der Waals surface area contributed by atoms with Gasteiger partial charge in [-0.25, -0.2) is 0 Å². The fraction of sp³-hybridized carbons (Fsp3) is 0.471. The van der Waals surface area contributed by atoms with Gasteiger partial charge in [0.2, 0.25) is 0 Å². The standard InChI is InChI=1S/C17H18F3N3/c18-17(19,20)13-3-1-2-11-15(6-7-22-16(11)13)23-8-12(10-4-5-10)14(21)9-23/h1-3,6-7,10,12,14H,4-5,8-9,21H2. The van der Waals surface area contributed by atoms with E-state index >= 15 is 0 Å². The number of nitrogens with zero attached hydrogens (tertiary/aromatic N) is 2. The zero-order chi connectivity index (χ0) is 16.2. The Labute approximate surface area is 132 Å². The quantitative estimate of drug-likeness (QED) is 0.921. The Kier molecular flexibility index (Phi) is 3.27. The first kappa shape index (κ1) is 14.8. The van der Waals surface area contributed by atoms with Crippen molar-refractivity contribution in [1.29, 1.82) is 0 Å². The topological polar surface area (TPSA) is 42.1 Å². The molecule has 1 aliphatic carbocycles. The Morgan fingerprint density at radius 2 is 1.91 bits per heavy atom. The monoisotopic (exact) mass is 321 g/mol. The van der Waals surface area contributed by atoms with Gasteiger partial charge < -0.3 is 10.6 Å². The summed E-state index contributed by atoms with van der Waals surface area (Å²) in [5, 5.41) is 0.547. The minimum absolute atomic E-state index is 0.0148. The van der Waals surface area contributed by atoms with Crippen molar-refractivity contribution in [2.75, 3.05) is 18.0 Å². The average molecular weight is 321 g/mol. The van der Waals surface area contributed by atoms with Crippen LogP contribution in [0, 0.1) is 11.8 Å². The third kappa shape index (κ3) is 2.55. The highest BCUT2D eigenvalue weighted by Gasteiger charge is 2.41. The predicted octanol–water partition coefficient (Wildman–Crippen LogP) is 3.43. The summed E-state index contributed by atoms with van der Waals surface area (Å²) in [7, 11) is 0. The number of hydrogen-bond donors (Lipinski definition) is 1. The minimum Gasteiger partial charge on any atom is -0.369 e. The van der Waals surface area contributed by atoms with Crippen molar-refractivity contribution in [1.82, 2.24) is 4.98 Å². The first-order valence-corrected chi connectivity index (χ1v) is 7.90. The molecule has 3 nitrogen and oxygen atoms in total. The molecule has 6 heteroatoms. The second-order valence-electron chi connectivity index (χ2n) is 6.60. The molecule has 0 amide bonds. The van der Waals surface area contributed by atoms with E-state index in [4.69, 9.17) is 5.73 Å². The van der Waals surface area contributed by atoms with Gasteiger partial charge in [-0.1, -0.05) is 12.1 Å². The third-order valence-corrected chi connectivity index (χ3v) is 5.03. The highest BCUT2D eigenvalue weighted by Crippen LogP contribution is 2.43. The summed E-state index contributed by atoms with van der Waals surface area (Å²) in [6.07, 6.45) is -0.491. The van der Waals surface area contributed by atoms with Gasteiger partial charge >= 0.3 is 6.18 Å². The van der Waals surface area contributed by atoms with Crippen LogP contribution in [0.25, 0.3) is 10.9 Å². The normalized spacial score (nSPS) is 25.3. The molecule has 2 heterocycles. The van der Waals surface area contributed by atoms with Crippen molar-refractivity contribution in [3.8, 4) is 0 Å². The molecule has 2 aliphatic rings. The number of fused-ring (bicyclic) bond motifs is 1. The van der Waals surface area contributed by atoms with E-state index in [2.05, 4.69) is 9.88 Å². The lowest BCUT2D eigenvalue weighted by atomic mass is 9.99. The summed E-state index contributed by atoms with van der Waals surface area (Å²) in [4.78, 5) is 6.11.